The topological polar surface area (TPSA) is 46.1 Å². The minimum absolute atomic E-state index is 0.0693. The van der Waals surface area contributed by atoms with Crippen molar-refractivity contribution in [3.05, 3.63) is 71.2 Å². The van der Waals surface area contributed by atoms with Crippen molar-refractivity contribution in [3.8, 4) is 10.6 Å². The summed E-state index contributed by atoms with van der Waals surface area (Å²) in [5.41, 5.74) is 2.69. The molecule has 26 heavy (non-hydrogen) atoms. The molecule has 2 aromatic heterocycles. The van der Waals surface area contributed by atoms with E-state index in [9.17, 15) is 9.18 Å². The van der Waals surface area contributed by atoms with E-state index in [4.69, 9.17) is 0 Å². The number of carbonyl (C=O) groups excluding carboxylic acids is 1. The van der Waals surface area contributed by atoms with Gasteiger partial charge in [-0.2, -0.15) is 0 Å². The van der Waals surface area contributed by atoms with E-state index in [0.717, 1.165) is 34.7 Å². The lowest BCUT2D eigenvalue weighted by atomic mass is 10.2. The van der Waals surface area contributed by atoms with Gasteiger partial charge < -0.3 is 4.90 Å². The van der Waals surface area contributed by atoms with Gasteiger partial charge in [-0.15, -0.1) is 11.3 Å². The van der Waals surface area contributed by atoms with Crippen LogP contribution in [0.2, 0.25) is 0 Å². The van der Waals surface area contributed by atoms with Crippen LogP contribution in [0, 0.1) is 5.82 Å². The molecule has 6 heteroatoms. The van der Waals surface area contributed by atoms with E-state index < -0.39 is 0 Å². The summed E-state index contributed by atoms with van der Waals surface area (Å²) in [6.07, 6.45) is 5.85. The van der Waals surface area contributed by atoms with Crippen molar-refractivity contribution in [1.29, 1.82) is 0 Å². The fourth-order valence-corrected chi connectivity index (χ4v) is 3.67. The van der Waals surface area contributed by atoms with Gasteiger partial charge in [-0.1, -0.05) is 12.1 Å². The van der Waals surface area contributed by atoms with Gasteiger partial charge in [0.05, 0.1) is 12.1 Å². The Hall–Kier alpha value is -2.60. The zero-order valence-corrected chi connectivity index (χ0v) is 15.0. The van der Waals surface area contributed by atoms with Crippen molar-refractivity contribution in [2.75, 3.05) is 0 Å². The highest BCUT2D eigenvalue weighted by Crippen LogP contribution is 2.30. The lowest BCUT2D eigenvalue weighted by Crippen LogP contribution is -2.33. The number of pyridine rings is 1. The number of nitrogens with zero attached hydrogens (tertiary/aromatic N) is 3. The monoisotopic (exact) mass is 367 g/mol. The fourth-order valence-electron chi connectivity index (χ4n) is 2.86. The number of hydrogen-bond donors (Lipinski definition) is 0. The zero-order chi connectivity index (χ0) is 17.9. The molecule has 1 aliphatic carbocycles. The molecule has 0 saturated heterocycles. The third-order valence-electron chi connectivity index (χ3n) is 4.37. The van der Waals surface area contributed by atoms with Crippen molar-refractivity contribution >= 4 is 17.2 Å². The molecule has 4 nitrogen and oxygen atoms in total. The van der Waals surface area contributed by atoms with Crippen molar-refractivity contribution < 1.29 is 9.18 Å². The summed E-state index contributed by atoms with van der Waals surface area (Å²) >= 11 is 1.52. The summed E-state index contributed by atoms with van der Waals surface area (Å²) in [4.78, 5) is 23.4. The van der Waals surface area contributed by atoms with Crippen molar-refractivity contribution in [2.45, 2.75) is 31.8 Å². The summed E-state index contributed by atoms with van der Waals surface area (Å²) in [5.74, 6) is -0.191. The Morgan fingerprint density at radius 1 is 1.23 bits per heavy atom. The quantitative estimate of drug-likeness (QED) is 0.660. The van der Waals surface area contributed by atoms with Gasteiger partial charge in [0.2, 0.25) is 5.91 Å². The van der Waals surface area contributed by atoms with Crippen LogP contribution in [0.25, 0.3) is 10.6 Å². The lowest BCUT2D eigenvalue weighted by molar-refractivity contribution is -0.131. The van der Waals surface area contributed by atoms with Gasteiger partial charge in [0.1, 0.15) is 10.8 Å². The van der Waals surface area contributed by atoms with Gasteiger partial charge in [-0.3, -0.25) is 9.78 Å². The zero-order valence-electron chi connectivity index (χ0n) is 14.1. The molecule has 1 aromatic carbocycles. The molecule has 0 radical (unpaired) electrons. The molecule has 0 N–H and O–H groups in total. The third-order valence-corrected chi connectivity index (χ3v) is 5.31. The second kappa shape index (κ2) is 7.33. The Labute approximate surface area is 155 Å². The fraction of sp³-hybridized carbons (Fsp3) is 0.250. The molecule has 0 unspecified atom stereocenters. The second-order valence-electron chi connectivity index (χ2n) is 6.44. The lowest BCUT2D eigenvalue weighted by Gasteiger charge is -2.22. The Morgan fingerprint density at radius 2 is 2.04 bits per heavy atom. The van der Waals surface area contributed by atoms with Crippen LogP contribution in [0.4, 0.5) is 4.39 Å². The number of amides is 1. The first kappa shape index (κ1) is 16.8. The van der Waals surface area contributed by atoms with Crippen LogP contribution < -0.4 is 0 Å². The number of hydrogen-bond acceptors (Lipinski definition) is 4. The van der Waals surface area contributed by atoms with E-state index in [1.54, 1.807) is 24.5 Å². The van der Waals surface area contributed by atoms with E-state index in [1.807, 2.05) is 22.4 Å². The molecule has 2 heterocycles. The third kappa shape index (κ3) is 3.96. The SMILES string of the molecule is O=C(Cc1csc(-c2cccnc2)n1)N(Cc1ccc(F)cc1)C1CC1. The Kier molecular flexibility index (Phi) is 4.75. The molecular weight excluding hydrogens is 349 g/mol. The Morgan fingerprint density at radius 3 is 2.73 bits per heavy atom. The number of aromatic nitrogens is 2. The number of benzene rings is 1. The largest absolute Gasteiger partial charge is 0.335 e. The summed E-state index contributed by atoms with van der Waals surface area (Å²) < 4.78 is 13.1. The van der Waals surface area contributed by atoms with Crippen LogP contribution >= 0.6 is 11.3 Å². The highest BCUT2D eigenvalue weighted by molar-refractivity contribution is 7.13. The second-order valence-corrected chi connectivity index (χ2v) is 7.30. The maximum absolute atomic E-state index is 13.1. The van der Waals surface area contributed by atoms with Gasteiger partial charge in [0.15, 0.2) is 0 Å². The highest BCUT2D eigenvalue weighted by Gasteiger charge is 2.32. The summed E-state index contributed by atoms with van der Waals surface area (Å²) in [6.45, 7) is 0.517. The van der Waals surface area contributed by atoms with Gasteiger partial charge in [0, 0.05) is 35.9 Å². The normalized spacial score (nSPS) is 13.6. The van der Waals surface area contributed by atoms with Gasteiger partial charge in [0.25, 0.3) is 0 Å². The summed E-state index contributed by atoms with van der Waals surface area (Å²) in [7, 11) is 0. The van der Waals surface area contributed by atoms with Crippen molar-refractivity contribution in [2.24, 2.45) is 0 Å². The molecule has 1 amide bonds. The Balaban J connectivity index is 1.45. The summed E-state index contributed by atoms with van der Waals surface area (Å²) in [5, 5.41) is 2.81. The molecule has 3 aromatic rings. The standard InChI is InChI=1S/C20H18FN3OS/c21-16-5-3-14(4-6-16)12-24(18-7-8-18)19(25)10-17-13-26-20(23-17)15-2-1-9-22-11-15/h1-6,9,11,13,18H,7-8,10,12H2. The van der Waals surface area contributed by atoms with Crippen LogP contribution in [0.3, 0.4) is 0 Å². The highest BCUT2D eigenvalue weighted by atomic mass is 32.1. The number of rotatable bonds is 6. The number of carbonyl (C=O) groups is 1. The molecule has 0 bridgehead atoms. The van der Waals surface area contributed by atoms with Crippen molar-refractivity contribution in [3.63, 3.8) is 0 Å². The van der Waals surface area contributed by atoms with Crippen LogP contribution in [0.1, 0.15) is 24.1 Å². The maximum Gasteiger partial charge on any atom is 0.229 e. The first-order valence-electron chi connectivity index (χ1n) is 8.58. The maximum atomic E-state index is 13.1. The molecular formula is C20H18FN3OS. The number of thiazole rings is 1. The Bertz CT molecular complexity index is 891. The van der Waals surface area contributed by atoms with E-state index in [0.29, 0.717) is 12.6 Å². The van der Waals surface area contributed by atoms with E-state index >= 15 is 0 Å². The number of halogens is 1. The van der Waals surface area contributed by atoms with E-state index in [1.165, 1.54) is 23.5 Å². The predicted octanol–water partition coefficient (Wildman–Crippen LogP) is 4.08. The molecule has 4 rings (SSSR count). The first-order chi connectivity index (χ1) is 12.7. The molecule has 0 aliphatic heterocycles. The van der Waals surface area contributed by atoms with E-state index in [-0.39, 0.29) is 18.1 Å². The van der Waals surface area contributed by atoms with Crippen LogP contribution in [0.15, 0.2) is 54.2 Å². The average Bonchev–Trinajstić information content (AvgIpc) is 3.40. The smallest absolute Gasteiger partial charge is 0.229 e. The van der Waals surface area contributed by atoms with Crippen LogP contribution in [-0.2, 0) is 17.8 Å². The van der Waals surface area contributed by atoms with Gasteiger partial charge in [-0.05, 0) is 42.7 Å². The minimum Gasteiger partial charge on any atom is -0.335 e. The van der Waals surface area contributed by atoms with E-state index in [2.05, 4.69) is 9.97 Å². The predicted molar refractivity (Wildman–Crippen MR) is 99.0 cm³/mol. The molecule has 0 spiro atoms. The molecule has 1 aliphatic rings. The summed E-state index contributed by atoms with van der Waals surface area (Å²) in [6, 6.07) is 10.5. The molecule has 1 saturated carbocycles. The van der Waals surface area contributed by atoms with Crippen molar-refractivity contribution in [1.82, 2.24) is 14.9 Å². The first-order valence-corrected chi connectivity index (χ1v) is 9.46. The minimum atomic E-state index is -0.261. The molecule has 132 valence electrons. The van der Waals surface area contributed by atoms with Crippen LogP contribution in [-0.4, -0.2) is 26.8 Å². The van der Waals surface area contributed by atoms with Gasteiger partial charge >= 0.3 is 0 Å². The average molecular weight is 367 g/mol. The molecule has 1 fully saturated rings. The van der Waals surface area contributed by atoms with Crippen LogP contribution in [0.5, 0.6) is 0 Å². The molecule has 0 atom stereocenters. The van der Waals surface area contributed by atoms with Gasteiger partial charge in [-0.25, -0.2) is 9.37 Å².